The summed E-state index contributed by atoms with van der Waals surface area (Å²) in [6.07, 6.45) is 1.53. The third kappa shape index (κ3) is 4.50. The molecule has 23 heavy (non-hydrogen) atoms. The fourth-order valence-corrected chi connectivity index (χ4v) is 2.05. The van der Waals surface area contributed by atoms with Crippen molar-refractivity contribution in [3.8, 4) is 5.75 Å². The van der Waals surface area contributed by atoms with Crippen LogP contribution in [0.1, 0.15) is 16.1 Å². The molecule has 1 heterocycles. The number of esters is 1. The Labute approximate surface area is 138 Å². The molecule has 6 nitrogen and oxygen atoms in total. The number of methoxy groups -OCH3 is 1. The predicted molar refractivity (Wildman–Crippen MR) is 83.5 cm³/mol. The van der Waals surface area contributed by atoms with E-state index >= 15 is 0 Å². The van der Waals surface area contributed by atoms with E-state index in [0.29, 0.717) is 23.1 Å². The zero-order valence-electron chi connectivity index (χ0n) is 12.7. The van der Waals surface area contributed by atoms with Crippen LogP contribution in [0.25, 0.3) is 0 Å². The first-order chi connectivity index (χ1) is 11.0. The van der Waals surface area contributed by atoms with Gasteiger partial charge in [0.1, 0.15) is 17.1 Å². The van der Waals surface area contributed by atoms with Crippen molar-refractivity contribution in [3.05, 3.63) is 52.9 Å². The number of likely N-dealkylation sites (N-methyl/N-ethyl adjacent to an activating group) is 1. The van der Waals surface area contributed by atoms with Crippen molar-refractivity contribution in [1.29, 1.82) is 0 Å². The van der Waals surface area contributed by atoms with Crippen LogP contribution in [0.4, 0.5) is 0 Å². The maximum atomic E-state index is 12.1. The number of hydrogen-bond donors (Lipinski definition) is 0. The standard InChI is InChI=1S/C16H16ClNO5/c1-18(9-12-4-3-7-22-12)15(19)10-23-16(20)13-8-11(17)5-6-14(13)21-2/h3-8H,9-10H2,1-2H3. The number of nitrogens with zero attached hydrogens (tertiary/aromatic N) is 1. The van der Waals surface area contributed by atoms with E-state index < -0.39 is 5.97 Å². The van der Waals surface area contributed by atoms with Crippen LogP contribution in [-0.2, 0) is 16.1 Å². The minimum Gasteiger partial charge on any atom is -0.496 e. The van der Waals surface area contributed by atoms with E-state index in [9.17, 15) is 9.59 Å². The van der Waals surface area contributed by atoms with Crippen molar-refractivity contribution in [2.24, 2.45) is 0 Å². The molecular weight excluding hydrogens is 322 g/mol. The van der Waals surface area contributed by atoms with E-state index in [4.69, 9.17) is 25.5 Å². The summed E-state index contributed by atoms with van der Waals surface area (Å²) in [5.74, 6) is -0.0562. The van der Waals surface area contributed by atoms with Crippen LogP contribution in [0.15, 0.2) is 41.0 Å². The second-order valence-electron chi connectivity index (χ2n) is 4.75. The van der Waals surface area contributed by atoms with Crippen molar-refractivity contribution in [1.82, 2.24) is 4.90 Å². The first-order valence-electron chi connectivity index (χ1n) is 6.78. The van der Waals surface area contributed by atoms with E-state index in [0.717, 1.165) is 0 Å². The molecule has 0 aliphatic heterocycles. The Kier molecular flexibility index (Phi) is 5.65. The summed E-state index contributed by atoms with van der Waals surface area (Å²) in [5, 5.41) is 0.374. The Balaban J connectivity index is 1.93. The van der Waals surface area contributed by atoms with Gasteiger partial charge in [0.2, 0.25) is 0 Å². The van der Waals surface area contributed by atoms with Gasteiger partial charge in [-0.2, -0.15) is 0 Å². The zero-order valence-corrected chi connectivity index (χ0v) is 13.5. The molecule has 0 atom stereocenters. The summed E-state index contributed by atoms with van der Waals surface area (Å²) in [5.41, 5.74) is 0.168. The van der Waals surface area contributed by atoms with Crippen molar-refractivity contribution in [3.63, 3.8) is 0 Å². The maximum Gasteiger partial charge on any atom is 0.342 e. The molecule has 0 aliphatic rings. The first kappa shape index (κ1) is 16.9. The number of hydrogen-bond acceptors (Lipinski definition) is 5. The molecule has 7 heteroatoms. The van der Waals surface area contributed by atoms with Gasteiger partial charge >= 0.3 is 5.97 Å². The summed E-state index contributed by atoms with van der Waals surface area (Å²) in [7, 11) is 3.03. The number of amides is 1. The average Bonchev–Trinajstić information content (AvgIpc) is 3.05. The quantitative estimate of drug-likeness (QED) is 0.758. The molecule has 0 bridgehead atoms. The lowest BCUT2D eigenvalue weighted by molar-refractivity contribution is -0.134. The fourth-order valence-electron chi connectivity index (χ4n) is 1.88. The van der Waals surface area contributed by atoms with Crippen LogP contribution in [0.5, 0.6) is 5.75 Å². The number of furan rings is 1. The Morgan fingerprint density at radius 1 is 1.30 bits per heavy atom. The van der Waals surface area contributed by atoms with Gasteiger partial charge < -0.3 is 18.8 Å². The topological polar surface area (TPSA) is 69.0 Å². The number of carbonyl (C=O) groups excluding carboxylic acids is 2. The summed E-state index contributed by atoms with van der Waals surface area (Å²) < 4.78 is 15.3. The van der Waals surface area contributed by atoms with Crippen LogP contribution >= 0.6 is 11.6 Å². The van der Waals surface area contributed by atoms with E-state index in [1.807, 2.05) is 0 Å². The third-order valence-electron chi connectivity index (χ3n) is 3.11. The number of rotatable bonds is 6. The molecule has 0 fully saturated rings. The van der Waals surface area contributed by atoms with Gasteiger partial charge in [-0.05, 0) is 30.3 Å². The molecular formula is C16H16ClNO5. The Hall–Kier alpha value is -2.47. The molecule has 1 aromatic carbocycles. The molecule has 2 rings (SSSR count). The van der Waals surface area contributed by atoms with Crippen molar-refractivity contribution < 1.29 is 23.5 Å². The lowest BCUT2D eigenvalue weighted by Gasteiger charge is -2.16. The molecule has 122 valence electrons. The lowest BCUT2D eigenvalue weighted by atomic mass is 10.2. The maximum absolute atomic E-state index is 12.1. The van der Waals surface area contributed by atoms with Gasteiger partial charge in [-0.3, -0.25) is 4.79 Å². The minimum absolute atomic E-state index is 0.168. The number of benzene rings is 1. The van der Waals surface area contributed by atoms with Crippen LogP contribution in [-0.4, -0.2) is 37.5 Å². The SMILES string of the molecule is COc1ccc(Cl)cc1C(=O)OCC(=O)N(C)Cc1ccco1. The largest absolute Gasteiger partial charge is 0.496 e. The first-order valence-corrected chi connectivity index (χ1v) is 7.16. The Morgan fingerprint density at radius 3 is 2.74 bits per heavy atom. The molecule has 0 spiro atoms. The lowest BCUT2D eigenvalue weighted by Crippen LogP contribution is -2.30. The normalized spacial score (nSPS) is 10.2. The van der Waals surface area contributed by atoms with Crippen LogP contribution in [0.3, 0.4) is 0 Å². The monoisotopic (exact) mass is 337 g/mol. The zero-order chi connectivity index (χ0) is 16.8. The van der Waals surface area contributed by atoms with E-state index in [1.54, 1.807) is 31.3 Å². The van der Waals surface area contributed by atoms with Crippen LogP contribution in [0.2, 0.25) is 5.02 Å². The second kappa shape index (κ2) is 7.69. The second-order valence-corrected chi connectivity index (χ2v) is 5.19. The van der Waals surface area contributed by atoms with Crippen molar-refractivity contribution >= 4 is 23.5 Å². The highest BCUT2D eigenvalue weighted by Gasteiger charge is 2.18. The highest BCUT2D eigenvalue weighted by Crippen LogP contribution is 2.23. The molecule has 0 saturated heterocycles. The summed E-state index contributed by atoms with van der Waals surface area (Å²) in [6.45, 7) is -0.0877. The average molecular weight is 338 g/mol. The van der Waals surface area contributed by atoms with Crippen LogP contribution in [0, 0.1) is 0 Å². The van der Waals surface area contributed by atoms with Gasteiger partial charge in [0.15, 0.2) is 6.61 Å². The molecule has 1 aromatic heterocycles. The fraction of sp³-hybridized carbons (Fsp3) is 0.250. The number of halogens is 1. The van der Waals surface area contributed by atoms with E-state index in [1.165, 1.54) is 24.3 Å². The van der Waals surface area contributed by atoms with Crippen LogP contribution < -0.4 is 4.74 Å². The molecule has 0 saturated carbocycles. The van der Waals surface area contributed by atoms with Gasteiger partial charge in [0, 0.05) is 12.1 Å². The smallest absolute Gasteiger partial charge is 0.342 e. The van der Waals surface area contributed by atoms with Gasteiger partial charge in [0.05, 0.1) is 19.9 Å². The van der Waals surface area contributed by atoms with Gasteiger partial charge in [0.25, 0.3) is 5.91 Å². The summed E-state index contributed by atoms with van der Waals surface area (Å²) in [6, 6.07) is 8.08. The highest BCUT2D eigenvalue weighted by atomic mass is 35.5. The van der Waals surface area contributed by atoms with Gasteiger partial charge in [-0.1, -0.05) is 11.6 Å². The predicted octanol–water partition coefficient (Wildman–Crippen LogP) is 2.76. The minimum atomic E-state index is -0.677. The van der Waals surface area contributed by atoms with E-state index in [2.05, 4.69) is 0 Å². The molecule has 0 radical (unpaired) electrons. The summed E-state index contributed by atoms with van der Waals surface area (Å²) in [4.78, 5) is 25.5. The molecule has 0 unspecified atom stereocenters. The Morgan fingerprint density at radius 2 is 2.09 bits per heavy atom. The number of ether oxygens (including phenoxy) is 2. The van der Waals surface area contributed by atoms with E-state index in [-0.39, 0.29) is 18.1 Å². The number of carbonyl (C=O) groups is 2. The molecule has 1 amide bonds. The van der Waals surface area contributed by atoms with Gasteiger partial charge in [-0.15, -0.1) is 0 Å². The third-order valence-corrected chi connectivity index (χ3v) is 3.34. The highest BCUT2D eigenvalue weighted by molar-refractivity contribution is 6.31. The van der Waals surface area contributed by atoms with Crippen molar-refractivity contribution in [2.45, 2.75) is 6.54 Å². The Bertz CT molecular complexity index is 684. The molecule has 2 aromatic rings. The molecule has 0 aliphatic carbocycles. The van der Waals surface area contributed by atoms with Crippen molar-refractivity contribution in [2.75, 3.05) is 20.8 Å². The molecule has 0 N–H and O–H groups in total. The van der Waals surface area contributed by atoms with Gasteiger partial charge in [-0.25, -0.2) is 4.79 Å². The summed E-state index contributed by atoms with van der Waals surface area (Å²) >= 11 is 5.86.